The van der Waals surface area contributed by atoms with Crippen molar-refractivity contribution in [2.75, 3.05) is 17.7 Å². The van der Waals surface area contributed by atoms with E-state index in [2.05, 4.69) is 15.7 Å². The van der Waals surface area contributed by atoms with Crippen LogP contribution in [0, 0.1) is 0 Å². The third kappa shape index (κ3) is 4.52. The van der Waals surface area contributed by atoms with Crippen LogP contribution in [0.1, 0.15) is 23.3 Å². The Labute approximate surface area is 157 Å². The van der Waals surface area contributed by atoms with Crippen molar-refractivity contribution >= 4 is 23.2 Å². The van der Waals surface area contributed by atoms with Gasteiger partial charge in [-0.05, 0) is 49.4 Å². The molecule has 0 aliphatic carbocycles. The van der Waals surface area contributed by atoms with Gasteiger partial charge < -0.3 is 15.4 Å². The van der Waals surface area contributed by atoms with E-state index in [0.29, 0.717) is 22.7 Å². The molecule has 1 atom stereocenters. The van der Waals surface area contributed by atoms with E-state index in [1.807, 2.05) is 0 Å². The van der Waals surface area contributed by atoms with Crippen LogP contribution in [0.2, 0.25) is 0 Å². The maximum atomic E-state index is 12.4. The van der Waals surface area contributed by atoms with Crippen LogP contribution in [-0.2, 0) is 4.79 Å². The number of nitrogens with zero attached hydrogens (tertiary/aromatic N) is 2. The zero-order chi connectivity index (χ0) is 19.2. The molecule has 1 aromatic heterocycles. The Morgan fingerprint density at radius 1 is 1.04 bits per heavy atom. The molecule has 2 aromatic carbocycles. The summed E-state index contributed by atoms with van der Waals surface area (Å²) in [6.45, 7) is 1.76. The van der Waals surface area contributed by atoms with Crippen LogP contribution >= 0.6 is 0 Å². The molecule has 0 radical (unpaired) electrons. The van der Waals surface area contributed by atoms with Crippen LogP contribution in [0.25, 0.3) is 0 Å². The highest BCUT2D eigenvalue weighted by Crippen LogP contribution is 2.19. The van der Waals surface area contributed by atoms with Gasteiger partial charge in [-0.15, -0.1) is 0 Å². The average molecular weight is 364 g/mol. The Morgan fingerprint density at radius 3 is 2.48 bits per heavy atom. The maximum Gasteiger partial charge on any atom is 0.255 e. The standard InChI is InChI=1S/C20H20N4O3/c1-14(24-11-5-10-21-24)19(25)22-16-7-4-8-17(13-16)23-20(26)15-6-3-9-18(12-15)27-2/h3-14H,1-2H3,(H,22,25)(H,23,26)/t14-/m0/s1. The Morgan fingerprint density at radius 2 is 1.78 bits per heavy atom. The first-order chi connectivity index (χ1) is 13.1. The molecule has 2 amide bonds. The lowest BCUT2D eigenvalue weighted by atomic mass is 10.2. The van der Waals surface area contributed by atoms with Gasteiger partial charge in [0.2, 0.25) is 5.91 Å². The van der Waals surface area contributed by atoms with Crippen LogP contribution < -0.4 is 15.4 Å². The third-order valence-electron chi connectivity index (χ3n) is 4.02. The number of hydrogen-bond donors (Lipinski definition) is 2. The molecule has 0 unspecified atom stereocenters. The van der Waals surface area contributed by atoms with E-state index < -0.39 is 6.04 Å². The summed E-state index contributed by atoms with van der Waals surface area (Å²) in [6.07, 6.45) is 3.35. The molecule has 7 heteroatoms. The summed E-state index contributed by atoms with van der Waals surface area (Å²) < 4.78 is 6.71. The molecule has 0 saturated heterocycles. The van der Waals surface area contributed by atoms with E-state index in [-0.39, 0.29) is 11.8 Å². The molecule has 2 N–H and O–H groups in total. The highest BCUT2D eigenvalue weighted by molar-refractivity contribution is 6.05. The minimum Gasteiger partial charge on any atom is -0.497 e. The molecule has 27 heavy (non-hydrogen) atoms. The summed E-state index contributed by atoms with van der Waals surface area (Å²) in [5.41, 5.74) is 1.64. The van der Waals surface area contributed by atoms with E-state index in [9.17, 15) is 9.59 Å². The molecule has 0 saturated carbocycles. The first-order valence-corrected chi connectivity index (χ1v) is 8.42. The summed E-state index contributed by atoms with van der Waals surface area (Å²) in [4.78, 5) is 24.8. The number of rotatable bonds is 6. The quantitative estimate of drug-likeness (QED) is 0.702. The Kier molecular flexibility index (Phi) is 5.51. The van der Waals surface area contributed by atoms with Crippen LogP contribution in [-0.4, -0.2) is 28.7 Å². The predicted octanol–water partition coefficient (Wildman–Crippen LogP) is 3.34. The third-order valence-corrected chi connectivity index (χ3v) is 4.02. The SMILES string of the molecule is COc1cccc(C(=O)Nc2cccc(NC(=O)[C@H](C)n3cccn3)c2)c1. The van der Waals surface area contributed by atoms with Crippen LogP contribution in [0.5, 0.6) is 5.75 Å². The number of methoxy groups -OCH3 is 1. The van der Waals surface area contributed by atoms with Crippen LogP contribution in [0.15, 0.2) is 67.0 Å². The predicted molar refractivity (Wildman–Crippen MR) is 103 cm³/mol. The highest BCUT2D eigenvalue weighted by atomic mass is 16.5. The molecule has 0 fully saturated rings. The van der Waals surface area contributed by atoms with E-state index in [1.165, 1.54) is 0 Å². The first kappa shape index (κ1) is 18.2. The molecule has 0 aliphatic rings. The van der Waals surface area contributed by atoms with Crippen molar-refractivity contribution in [3.8, 4) is 5.75 Å². The van der Waals surface area contributed by atoms with Gasteiger partial charge in [-0.25, -0.2) is 0 Å². The summed E-state index contributed by atoms with van der Waals surface area (Å²) >= 11 is 0. The molecule has 7 nitrogen and oxygen atoms in total. The van der Waals surface area contributed by atoms with Gasteiger partial charge in [-0.1, -0.05) is 12.1 Å². The Bertz CT molecular complexity index is 938. The molecule has 0 aliphatic heterocycles. The number of aromatic nitrogens is 2. The first-order valence-electron chi connectivity index (χ1n) is 8.42. The number of ether oxygens (including phenoxy) is 1. The molecule has 0 bridgehead atoms. The topological polar surface area (TPSA) is 85.3 Å². The molecular formula is C20H20N4O3. The summed E-state index contributed by atoms with van der Waals surface area (Å²) in [5, 5.41) is 9.72. The second kappa shape index (κ2) is 8.18. The smallest absolute Gasteiger partial charge is 0.255 e. The molecule has 3 aromatic rings. The van der Waals surface area contributed by atoms with Gasteiger partial charge in [0.05, 0.1) is 7.11 Å². The van der Waals surface area contributed by atoms with E-state index in [1.54, 1.807) is 85.7 Å². The minimum absolute atomic E-state index is 0.199. The van der Waals surface area contributed by atoms with Crippen molar-refractivity contribution in [3.05, 3.63) is 72.6 Å². The fraction of sp³-hybridized carbons (Fsp3) is 0.150. The van der Waals surface area contributed by atoms with Gasteiger partial charge in [-0.3, -0.25) is 14.3 Å². The molecule has 0 spiro atoms. The number of amides is 2. The number of benzene rings is 2. The lowest BCUT2D eigenvalue weighted by Crippen LogP contribution is -2.24. The van der Waals surface area contributed by atoms with Crippen LogP contribution in [0.3, 0.4) is 0 Å². The summed E-state index contributed by atoms with van der Waals surface area (Å²) in [7, 11) is 1.55. The van der Waals surface area contributed by atoms with Gasteiger partial charge in [0.1, 0.15) is 11.8 Å². The van der Waals surface area contributed by atoms with Crippen LogP contribution in [0.4, 0.5) is 11.4 Å². The number of anilines is 2. The van der Waals surface area contributed by atoms with Crippen molar-refractivity contribution in [1.82, 2.24) is 9.78 Å². The van der Waals surface area contributed by atoms with Crippen molar-refractivity contribution in [2.45, 2.75) is 13.0 Å². The molecule has 1 heterocycles. The van der Waals surface area contributed by atoms with Crippen molar-refractivity contribution < 1.29 is 14.3 Å². The lowest BCUT2D eigenvalue weighted by Gasteiger charge is -2.13. The molecule has 138 valence electrons. The monoisotopic (exact) mass is 364 g/mol. The zero-order valence-corrected chi connectivity index (χ0v) is 15.0. The van der Waals surface area contributed by atoms with Gasteiger partial charge in [0, 0.05) is 29.3 Å². The molecular weight excluding hydrogens is 344 g/mol. The number of hydrogen-bond acceptors (Lipinski definition) is 4. The molecule has 3 rings (SSSR count). The van der Waals surface area contributed by atoms with E-state index in [4.69, 9.17) is 4.74 Å². The van der Waals surface area contributed by atoms with E-state index in [0.717, 1.165) is 0 Å². The number of carbonyl (C=O) groups excluding carboxylic acids is 2. The lowest BCUT2D eigenvalue weighted by molar-refractivity contribution is -0.119. The Balaban J connectivity index is 1.68. The Hall–Kier alpha value is -3.61. The van der Waals surface area contributed by atoms with Gasteiger partial charge in [0.15, 0.2) is 0 Å². The van der Waals surface area contributed by atoms with Crippen molar-refractivity contribution in [2.24, 2.45) is 0 Å². The second-order valence-corrected chi connectivity index (χ2v) is 5.92. The normalized spacial score (nSPS) is 11.5. The second-order valence-electron chi connectivity index (χ2n) is 5.92. The van der Waals surface area contributed by atoms with Gasteiger partial charge in [0.25, 0.3) is 5.91 Å². The summed E-state index contributed by atoms with van der Waals surface area (Å²) in [6, 6.07) is 15.2. The van der Waals surface area contributed by atoms with E-state index >= 15 is 0 Å². The fourth-order valence-corrected chi connectivity index (χ4v) is 2.52. The maximum absolute atomic E-state index is 12.4. The minimum atomic E-state index is -0.449. The largest absolute Gasteiger partial charge is 0.497 e. The number of carbonyl (C=O) groups is 2. The fourth-order valence-electron chi connectivity index (χ4n) is 2.52. The van der Waals surface area contributed by atoms with Crippen molar-refractivity contribution in [3.63, 3.8) is 0 Å². The van der Waals surface area contributed by atoms with Gasteiger partial charge >= 0.3 is 0 Å². The zero-order valence-electron chi connectivity index (χ0n) is 15.0. The van der Waals surface area contributed by atoms with Crippen molar-refractivity contribution in [1.29, 1.82) is 0 Å². The average Bonchev–Trinajstić information content (AvgIpc) is 3.22. The van der Waals surface area contributed by atoms with Gasteiger partial charge in [-0.2, -0.15) is 5.10 Å². The number of nitrogens with one attached hydrogen (secondary N) is 2. The summed E-state index contributed by atoms with van der Waals surface area (Å²) in [5.74, 6) is 0.147. The highest BCUT2D eigenvalue weighted by Gasteiger charge is 2.15.